The zero-order chi connectivity index (χ0) is 26.2. The Labute approximate surface area is 219 Å². The third kappa shape index (κ3) is 6.78. The SMILES string of the molecule is CCOc1cc(CCNC(=O)CC2CCCCN2c2cc(C(C)C)nc(-n3ccnc3)n2)ccc1OC. The van der Waals surface area contributed by atoms with Crippen LogP contribution in [0.4, 0.5) is 5.82 Å². The number of ether oxygens (including phenoxy) is 2. The zero-order valence-corrected chi connectivity index (χ0v) is 22.3. The summed E-state index contributed by atoms with van der Waals surface area (Å²) in [4.78, 5) is 29.0. The molecular formula is C28H38N6O3. The van der Waals surface area contributed by atoms with E-state index in [9.17, 15) is 4.79 Å². The molecule has 1 N–H and O–H groups in total. The maximum absolute atomic E-state index is 12.9. The summed E-state index contributed by atoms with van der Waals surface area (Å²) in [6.45, 7) is 8.23. The van der Waals surface area contributed by atoms with E-state index in [0.717, 1.165) is 55.1 Å². The highest BCUT2D eigenvalue weighted by Crippen LogP contribution is 2.29. The molecule has 1 unspecified atom stereocenters. The number of carbonyl (C=O) groups is 1. The summed E-state index contributed by atoms with van der Waals surface area (Å²) in [6.07, 6.45) is 9.61. The Morgan fingerprint density at radius 2 is 2.05 bits per heavy atom. The third-order valence-electron chi connectivity index (χ3n) is 6.65. The number of benzene rings is 1. The average Bonchev–Trinajstić information content (AvgIpc) is 3.44. The second kappa shape index (κ2) is 12.6. The van der Waals surface area contributed by atoms with E-state index in [0.29, 0.717) is 31.3 Å². The number of hydrogen-bond donors (Lipinski definition) is 1. The molecule has 0 radical (unpaired) electrons. The molecule has 198 valence electrons. The van der Waals surface area contributed by atoms with Gasteiger partial charge < -0.3 is 19.7 Å². The number of methoxy groups -OCH3 is 1. The first-order valence-corrected chi connectivity index (χ1v) is 13.2. The van der Waals surface area contributed by atoms with Gasteiger partial charge in [0.2, 0.25) is 11.9 Å². The van der Waals surface area contributed by atoms with Crippen molar-refractivity contribution in [3.8, 4) is 17.4 Å². The van der Waals surface area contributed by atoms with Crippen molar-refractivity contribution >= 4 is 11.7 Å². The fourth-order valence-electron chi connectivity index (χ4n) is 4.67. The lowest BCUT2D eigenvalue weighted by Crippen LogP contribution is -2.43. The fraction of sp³-hybridized carbons (Fsp3) is 0.500. The monoisotopic (exact) mass is 506 g/mol. The number of anilines is 1. The molecule has 1 aliphatic heterocycles. The van der Waals surface area contributed by atoms with Crippen molar-refractivity contribution in [2.75, 3.05) is 31.7 Å². The van der Waals surface area contributed by atoms with Gasteiger partial charge in [-0.05, 0) is 56.2 Å². The van der Waals surface area contributed by atoms with Gasteiger partial charge in [0, 0.05) is 44.0 Å². The van der Waals surface area contributed by atoms with Crippen LogP contribution in [0.25, 0.3) is 5.95 Å². The summed E-state index contributed by atoms with van der Waals surface area (Å²) >= 11 is 0. The van der Waals surface area contributed by atoms with Crippen molar-refractivity contribution in [2.45, 2.75) is 64.8 Å². The Balaban J connectivity index is 1.41. The first-order chi connectivity index (χ1) is 18.0. The summed E-state index contributed by atoms with van der Waals surface area (Å²) < 4.78 is 12.9. The van der Waals surface area contributed by atoms with E-state index in [1.807, 2.05) is 35.9 Å². The van der Waals surface area contributed by atoms with Gasteiger partial charge in [0.15, 0.2) is 11.5 Å². The molecule has 1 amide bonds. The number of piperidine rings is 1. The van der Waals surface area contributed by atoms with Gasteiger partial charge in [-0.1, -0.05) is 19.9 Å². The molecule has 1 atom stereocenters. The average molecular weight is 507 g/mol. The lowest BCUT2D eigenvalue weighted by molar-refractivity contribution is -0.121. The maximum Gasteiger partial charge on any atom is 0.237 e. The Kier molecular flexibility index (Phi) is 8.98. The van der Waals surface area contributed by atoms with Crippen LogP contribution < -0.4 is 19.7 Å². The van der Waals surface area contributed by atoms with E-state index < -0.39 is 0 Å². The molecule has 2 aromatic heterocycles. The summed E-state index contributed by atoms with van der Waals surface area (Å²) in [7, 11) is 1.63. The topological polar surface area (TPSA) is 94.4 Å². The Morgan fingerprint density at radius 1 is 1.19 bits per heavy atom. The molecule has 3 heterocycles. The van der Waals surface area contributed by atoms with Gasteiger partial charge in [0.05, 0.1) is 19.4 Å². The van der Waals surface area contributed by atoms with Crippen molar-refractivity contribution in [3.05, 3.63) is 54.2 Å². The van der Waals surface area contributed by atoms with E-state index >= 15 is 0 Å². The number of rotatable bonds is 11. The van der Waals surface area contributed by atoms with E-state index in [1.165, 1.54) is 0 Å². The lowest BCUT2D eigenvalue weighted by atomic mass is 9.98. The van der Waals surface area contributed by atoms with Gasteiger partial charge in [-0.3, -0.25) is 9.36 Å². The molecule has 0 aliphatic carbocycles. The van der Waals surface area contributed by atoms with Crippen LogP contribution in [0.1, 0.15) is 63.6 Å². The summed E-state index contributed by atoms with van der Waals surface area (Å²) in [5, 5.41) is 3.11. The number of carbonyl (C=O) groups excluding carboxylic acids is 1. The van der Waals surface area contributed by atoms with Crippen LogP contribution in [0.3, 0.4) is 0 Å². The Hall–Kier alpha value is -3.62. The second-order valence-corrected chi connectivity index (χ2v) is 9.64. The smallest absolute Gasteiger partial charge is 0.237 e. The Morgan fingerprint density at radius 3 is 2.78 bits per heavy atom. The van der Waals surface area contributed by atoms with E-state index in [2.05, 4.69) is 35.1 Å². The molecular weight excluding hydrogens is 468 g/mol. The van der Waals surface area contributed by atoms with Crippen LogP contribution in [-0.2, 0) is 11.2 Å². The largest absolute Gasteiger partial charge is 0.493 e. The van der Waals surface area contributed by atoms with Crippen LogP contribution in [0.2, 0.25) is 0 Å². The van der Waals surface area contributed by atoms with E-state index in [1.54, 1.807) is 19.6 Å². The number of nitrogens with zero attached hydrogens (tertiary/aromatic N) is 5. The number of imidazole rings is 1. The molecule has 0 saturated carbocycles. The van der Waals surface area contributed by atoms with Gasteiger partial charge in [-0.2, -0.15) is 4.98 Å². The number of aromatic nitrogens is 4. The highest BCUT2D eigenvalue weighted by atomic mass is 16.5. The van der Waals surface area contributed by atoms with Crippen molar-refractivity contribution in [1.29, 1.82) is 0 Å². The molecule has 1 fully saturated rings. The van der Waals surface area contributed by atoms with Gasteiger partial charge in [0.1, 0.15) is 12.1 Å². The molecule has 1 aromatic carbocycles. The highest BCUT2D eigenvalue weighted by Gasteiger charge is 2.27. The molecule has 1 aliphatic rings. The normalized spacial score (nSPS) is 15.6. The maximum atomic E-state index is 12.9. The Bertz CT molecular complexity index is 1160. The van der Waals surface area contributed by atoms with Crippen LogP contribution in [-0.4, -0.2) is 58.3 Å². The standard InChI is InChI=1S/C28H38N6O3/c1-5-37-25-16-21(9-10-24(25)36-4)11-12-30-27(35)17-22-8-6-7-14-34(22)26-18-23(20(2)3)31-28(32-26)33-15-13-29-19-33/h9-10,13,15-16,18-20,22H,5-8,11-12,14,17H2,1-4H3,(H,30,35). The summed E-state index contributed by atoms with van der Waals surface area (Å²) in [5.41, 5.74) is 2.08. The van der Waals surface area contributed by atoms with Gasteiger partial charge in [-0.25, -0.2) is 9.97 Å². The van der Waals surface area contributed by atoms with Crippen LogP contribution in [0, 0.1) is 0 Å². The van der Waals surface area contributed by atoms with Gasteiger partial charge in [-0.15, -0.1) is 0 Å². The molecule has 37 heavy (non-hydrogen) atoms. The number of amides is 1. The van der Waals surface area contributed by atoms with Gasteiger partial charge >= 0.3 is 0 Å². The van der Waals surface area contributed by atoms with Crippen LogP contribution in [0.5, 0.6) is 11.5 Å². The summed E-state index contributed by atoms with van der Waals surface area (Å²) in [5.74, 6) is 3.25. The van der Waals surface area contributed by atoms with E-state index in [-0.39, 0.29) is 17.9 Å². The lowest BCUT2D eigenvalue weighted by Gasteiger charge is -2.36. The van der Waals surface area contributed by atoms with Crippen molar-refractivity contribution in [3.63, 3.8) is 0 Å². The number of nitrogens with one attached hydrogen (secondary N) is 1. The van der Waals surface area contributed by atoms with Crippen molar-refractivity contribution in [2.24, 2.45) is 0 Å². The highest BCUT2D eigenvalue weighted by molar-refractivity contribution is 5.77. The van der Waals surface area contributed by atoms with Crippen molar-refractivity contribution < 1.29 is 14.3 Å². The molecule has 0 spiro atoms. The molecule has 1 saturated heterocycles. The molecule has 3 aromatic rings. The molecule has 4 rings (SSSR count). The minimum absolute atomic E-state index is 0.0587. The predicted molar refractivity (Wildman–Crippen MR) is 144 cm³/mol. The first kappa shape index (κ1) is 26.4. The van der Waals surface area contributed by atoms with E-state index in [4.69, 9.17) is 19.4 Å². The predicted octanol–water partition coefficient (Wildman–Crippen LogP) is 4.30. The number of hydrogen-bond acceptors (Lipinski definition) is 7. The molecule has 9 nitrogen and oxygen atoms in total. The molecule has 9 heteroatoms. The minimum Gasteiger partial charge on any atom is -0.493 e. The first-order valence-electron chi connectivity index (χ1n) is 13.2. The minimum atomic E-state index is 0.0587. The van der Waals surface area contributed by atoms with Gasteiger partial charge in [0.25, 0.3) is 0 Å². The summed E-state index contributed by atoms with van der Waals surface area (Å²) in [6, 6.07) is 8.07. The second-order valence-electron chi connectivity index (χ2n) is 9.64. The van der Waals surface area contributed by atoms with Crippen LogP contribution >= 0.6 is 0 Å². The van der Waals surface area contributed by atoms with Crippen LogP contribution in [0.15, 0.2) is 43.0 Å². The fourth-order valence-corrected chi connectivity index (χ4v) is 4.67. The quantitative estimate of drug-likeness (QED) is 0.414. The zero-order valence-electron chi connectivity index (χ0n) is 22.3. The third-order valence-corrected chi connectivity index (χ3v) is 6.65. The van der Waals surface area contributed by atoms with Crippen molar-refractivity contribution in [1.82, 2.24) is 24.8 Å². The molecule has 0 bridgehead atoms.